The SMILES string of the molecule is Nc1ccc(C(CC(=O)S)C(=O)S)cc1. The molecule has 1 rings (SSSR count). The van der Waals surface area contributed by atoms with E-state index in [1.807, 2.05) is 0 Å². The third-order valence-electron chi connectivity index (χ3n) is 2.02. The Kier molecular flexibility index (Phi) is 4.23. The van der Waals surface area contributed by atoms with Crippen molar-refractivity contribution in [3.63, 3.8) is 0 Å². The van der Waals surface area contributed by atoms with Crippen LogP contribution >= 0.6 is 25.3 Å². The molecule has 0 saturated carbocycles. The summed E-state index contributed by atoms with van der Waals surface area (Å²) >= 11 is 7.40. The number of nitrogen functional groups attached to an aromatic ring is 1. The van der Waals surface area contributed by atoms with Gasteiger partial charge in [0.15, 0.2) is 10.2 Å². The Labute approximate surface area is 98.9 Å². The summed E-state index contributed by atoms with van der Waals surface area (Å²) in [4.78, 5) is 22.1. The van der Waals surface area contributed by atoms with Gasteiger partial charge < -0.3 is 5.73 Å². The van der Waals surface area contributed by atoms with Gasteiger partial charge in [-0.25, -0.2) is 0 Å². The highest BCUT2D eigenvalue weighted by atomic mass is 32.1. The Morgan fingerprint density at radius 2 is 1.73 bits per heavy atom. The third-order valence-corrected chi connectivity index (χ3v) is 2.51. The minimum Gasteiger partial charge on any atom is -0.399 e. The van der Waals surface area contributed by atoms with Gasteiger partial charge in [-0.05, 0) is 17.7 Å². The molecule has 5 heteroatoms. The summed E-state index contributed by atoms with van der Waals surface area (Å²) in [6, 6.07) is 6.79. The Hall–Kier alpha value is -0.940. The maximum Gasteiger partial charge on any atom is 0.193 e. The molecular weight excluding hydrogens is 230 g/mol. The second-order valence-electron chi connectivity index (χ2n) is 3.16. The van der Waals surface area contributed by atoms with Crippen LogP contribution in [0.25, 0.3) is 0 Å². The number of hydrogen-bond acceptors (Lipinski definition) is 3. The van der Waals surface area contributed by atoms with Gasteiger partial charge >= 0.3 is 0 Å². The van der Waals surface area contributed by atoms with Crippen molar-refractivity contribution in [2.24, 2.45) is 0 Å². The van der Waals surface area contributed by atoms with Crippen LogP contribution in [0.2, 0.25) is 0 Å². The molecule has 15 heavy (non-hydrogen) atoms. The average molecular weight is 241 g/mol. The van der Waals surface area contributed by atoms with Crippen LogP contribution in [0.5, 0.6) is 0 Å². The lowest BCUT2D eigenvalue weighted by atomic mass is 9.97. The van der Waals surface area contributed by atoms with Gasteiger partial charge in [0.05, 0.1) is 5.92 Å². The van der Waals surface area contributed by atoms with Gasteiger partial charge in [0, 0.05) is 12.1 Å². The fraction of sp³-hybridized carbons (Fsp3) is 0.200. The molecule has 0 radical (unpaired) electrons. The van der Waals surface area contributed by atoms with E-state index >= 15 is 0 Å². The fourth-order valence-corrected chi connectivity index (χ4v) is 1.67. The van der Waals surface area contributed by atoms with E-state index in [9.17, 15) is 9.59 Å². The molecule has 80 valence electrons. The van der Waals surface area contributed by atoms with Gasteiger partial charge in [-0.3, -0.25) is 9.59 Å². The van der Waals surface area contributed by atoms with Gasteiger partial charge in [0.25, 0.3) is 0 Å². The predicted molar refractivity (Wildman–Crippen MR) is 66.2 cm³/mol. The number of anilines is 1. The van der Waals surface area contributed by atoms with E-state index in [2.05, 4.69) is 25.3 Å². The molecular formula is C10H11NO2S2. The third kappa shape index (κ3) is 3.60. The number of thiol groups is 2. The largest absolute Gasteiger partial charge is 0.399 e. The maximum absolute atomic E-state index is 11.2. The number of rotatable bonds is 4. The van der Waals surface area contributed by atoms with Crippen LogP contribution in [0.1, 0.15) is 17.9 Å². The van der Waals surface area contributed by atoms with Crippen molar-refractivity contribution in [2.75, 3.05) is 5.73 Å². The quantitative estimate of drug-likeness (QED) is 0.555. The smallest absolute Gasteiger partial charge is 0.193 e. The molecule has 1 aromatic rings. The summed E-state index contributed by atoms with van der Waals surface area (Å²) in [5.74, 6) is -0.543. The summed E-state index contributed by atoms with van der Waals surface area (Å²) in [7, 11) is 0. The number of carbonyl (C=O) groups is 2. The van der Waals surface area contributed by atoms with Gasteiger partial charge in [-0.2, -0.15) is 0 Å². The van der Waals surface area contributed by atoms with E-state index < -0.39 is 5.92 Å². The number of carbonyl (C=O) groups excluding carboxylic acids is 2. The maximum atomic E-state index is 11.2. The topological polar surface area (TPSA) is 60.2 Å². The molecule has 1 aromatic carbocycles. The molecule has 0 aliphatic rings. The molecule has 0 aliphatic heterocycles. The molecule has 2 N–H and O–H groups in total. The van der Waals surface area contributed by atoms with Crippen LogP contribution in [-0.4, -0.2) is 10.2 Å². The molecule has 0 aliphatic carbocycles. The monoisotopic (exact) mass is 241 g/mol. The van der Waals surface area contributed by atoms with Crippen LogP contribution in [-0.2, 0) is 9.59 Å². The van der Waals surface area contributed by atoms with E-state index in [4.69, 9.17) is 5.73 Å². The van der Waals surface area contributed by atoms with E-state index in [0.717, 1.165) is 5.56 Å². The van der Waals surface area contributed by atoms with Crippen molar-refractivity contribution >= 4 is 41.2 Å². The van der Waals surface area contributed by atoms with Crippen molar-refractivity contribution < 1.29 is 9.59 Å². The highest BCUT2D eigenvalue weighted by molar-refractivity contribution is 7.97. The first-order valence-electron chi connectivity index (χ1n) is 4.30. The van der Waals surface area contributed by atoms with Crippen molar-refractivity contribution in [1.29, 1.82) is 0 Å². The standard InChI is InChI=1S/C10H11NO2S2/c11-7-3-1-6(2-4-7)8(10(13)15)5-9(12)14/h1-4,8H,5,11H2,(H,12,14)(H,13,15). The second-order valence-corrected chi connectivity index (χ2v) is 4.09. The van der Waals surface area contributed by atoms with E-state index in [1.54, 1.807) is 24.3 Å². The van der Waals surface area contributed by atoms with Crippen LogP contribution < -0.4 is 5.73 Å². The molecule has 1 unspecified atom stereocenters. The Morgan fingerprint density at radius 3 is 2.13 bits per heavy atom. The number of hydrogen-bond donors (Lipinski definition) is 3. The van der Waals surface area contributed by atoms with E-state index in [0.29, 0.717) is 5.69 Å². The van der Waals surface area contributed by atoms with Crippen molar-refractivity contribution in [3.8, 4) is 0 Å². The molecule has 3 nitrogen and oxygen atoms in total. The highest BCUT2D eigenvalue weighted by Gasteiger charge is 2.19. The first-order valence-corrected chi connectivity index (χ1v) is 5.20. The van der Waals surface area contributed by atoms with Crippen LogP contribution in [0.4, 0.5) is 5.69 Å². The lowest BCUT2D eigenvalue weighted by Gasteiger charge is -2.11. The molecule has 0 spiro atoms. The normalized spacial score (nSPS) is 12.1. The average Bonchev–Trinajstić information content (AvgIpc) is 2.15. The summed E-state index contributed by atoms with van der Waals surface area (Å²) < 4.78 is 0. The minimum atomic E-state index is -0.543. The molecule has 1 atom stereocenters. The van der Waals surface area contributed by atoms with E-state index in [-0.39, 0.29) is 16.7 Å². The first kappa shape index (κ1) is 12.1. The highest BCUT2D eigenvalue weighted by Crippen LogP contribution is 2.24. The predicted octanol–water partition coefficient (Wildman–Crippen LogP) is 1.66. The zero-order valence-electron chi connectivity index (χ0n) is 7.88. The van der Waals surface area contributed by atoms with Crippen LogP contribution in [0.15, 0.2) is 24.3 Å². The van der Waals surface area contributed by atoms with Gasteiger partial charge in [0.1, 0.15) is 0 Å². The zero-order chi connectivity index (χ0) is 11.4. The summed E-state index contributed by atoms with van der Waals surface area (Å²) in [5.41, 5.74) is 6.86. The van der Waals surface area contributed by atoms with Crippen molar-refractivity contribution in [1.82, 2.24) is 0 Å². The van der Waals surface area contributed by atoms with Gasteiger partial charge in [-0.15, -0.1) is 25.3 Å². The van der Waals surface area contributed by atoms with Gasteiger partial charge in [-0.1, -0.05) is 12.1 Å². The minimum absolute atomic E-state index is 0.0510. The summed E-state index contributed by atoms with van der Waals surface area (Å²) in [5, 5.41) is -0.679. The molecule has 0 heterocycles. The Balaban J connectivity index is 2.94. The number of nitrogens with two attached hydrogens (primary N) is 1. The Morgan fingerprint density at radius 1 is 1.20 bits per heavy atom. The lowest BCUT2D eigenvalue weighted by molar-refractivity contribution is -0.116. The second kappa shape index (κ2) is 5.23. The van der Waals surface area contributed by atoms with Crippen molar-refractivity contribution in [2.45, 2.75) is 12.3 Å². The summed E-state index contributed by atoms with van der Waals surface area (Å²) in [6.07, 6.45) is 0.0510. The Bertz CT molecular complexity index is 376. The molecule has 0 bridgehead atoms. The zero-order valence-corrected chi connectivity index (χ0v) is 9.67. The van der Waals surface area contributed by atoms with Crippen LogP contribution in [0.3, 0.4) is 0 Å². The van der Waals surface area contributed by atoms with Gasteiger partial charge in [0.2, 0.25) is 0 Å². The first-order chi connectivity index (χ1) is 7.00. The molecule has 0 amide bonds. The molecule has 0 fully saturated rings. The van der Waals surface area contributed by atoms with E-state index in [1.165, 1.54) is 0 Å². The fourth-order valence-electron chi connectivity index (χ4n) is 1.25. The van der Waals surface area contributed by atoms with Crippen LogP contribution in [0, 0.1) is 0 Å². The number of benzene rings is 1. The lowest BCUT2D eigenvalue weighted by Crippen LogP contribution is -2.10. The molecule has 0 saturated heterocycles. The van der Waals surface area contributed by atoms with Crippen molar-refractivity contribution in [3.05, 3.63) is 29.8 Å². The summed E-state index contributed by atoms with van der Waals surface area (Å²) in [6.45, 7) is 0. The molecule has 0 aromatic heterocycles.